The van der Waals surface area contributed by atoms with Gasteiger partial charge < -0.3 is 15.4 Å². The minimum absolute atomic E-state index is 0.157. The van der Waals surface area contributed by atoms with Crippen LogP contribution in [0.1, 0.15) is 36.3 Å². The Labute approximate surface area is 149 Å². The first-order valence-corrected chi connectivity index (χ1v) is 8.69. The minimum atomic E-state index is -0.157. The van der Waals surface area contributed by atoms with Crippen molar-refractivity contribution in [2.75, 3.05) is 25.5 Å². The van der Waals surface area contributed by atoms with Gasteiger partial charge in [-0.15, -0.1) is 0 Å². The number of benzene rings is 1. The van der Waals surface area contributed by atoms with E-state index in [0.717, 1.165) is 36.4 Å². The number of anilines is 1. The normalized spacial score (nSPS) is 10.6. The second-order valence-electron chi connectivity index (χ2n) is 6.40. The summed E-state index contributed by atoms with van der Waals surface area (Å²) in [4.78, 5) is 16.4. The van der Waals surface area contributed by atoms with Crippen LogP contribution in [0, 0.1) is 5.92 Å². The minimum Gasteiger partial charge on any atom is -0.497 e. The fourth-order valence-electron chi connectivity index (χ4n) is 2.41. The highest BCUT2D eigenvalue weighted by Crippen LogP contribution is 2.13. The van der Waals surface area contributed by atoms with Crippen molar-refractivity contribution in [1.82, 2.24) is 10.3 Å². The van der Waals surface area contributed by atoms with Crippen molar-refractivity contribution >= 4 is 11.6 Å². The molecule has 1 heterocycles. The zero-order chi connectivity index (χ0) is 18.1. The number of nitrogens with one attached hydrogen (secondary N) is 2. The number of amides is 1. The fraction of sp³-hybridized carbons (Fsp3) is 0.400. The second kappa shape index (κ2) is 9.67. The van der Waals surface area contributed by atoms with Crippen LogP contribution in [-0.4, -0.2) is 31.1 Å². The predicted molar refractivity (Wildman–Crippen MR) is 101 cm³/mol. The third-order valence-corrected chi connectivity index (χ3v) is 3.88. The maximum atomic E-state index is 12.3. The summed E-state index contributed by atoms with van der Waals surface area (Å²) in [7, 11) is 1.65. The summed E-state index contributed by atoms with van der Waals surface area (Å²) < 4.78 is 5.21. The molecule has 0 saturated carbocycles. The summed E-state index contributed by atoms with van der Waals surface area (Å²) in [5, 5.41) is 6.25. The average Bonchev–Trinajstić information content (AvgIpc) is 2.62. The Morgan fingerprint density at radius 1 is 1.20 bits per heavy atom. The molecule has 0 atom stereocenters. The Kier molecular flexibility index (Phi) is 7.26. The molecule has 2 rings (SSSR count). The number of nitrogens with zero attached hydrogens (tertiary/aromatic N) is 1. The molecule has 2 N–H and O–H groups in total. The SMILES string of the molecule is COc1cccc(CCNC(=O)c2cc(NCCC(C)C)ccn2)c1. The zero-order valence-corrected chi connectivity index (χ0v) is 15.2. The van der Waals surface area contributed by atoms with Crippen molar-refractivity contribution < 1.29 is 9.53 Å². The molecule has 25 heavy (non-hydrogen) atoms. The molecule has 0 fully saturated rings. The van der Waals surface area contributed by atoms with Crippen molar-refractivity contribution in [3.8, 4) is 5.75 Å². The van der Waals surface area contributed by atoms with E-state index in [1.54, 1.807) is 19.4 Å². The Balaban J connectivity index is 1.83. The predicted octanol–water partition coefficient (Wildman–Crippen LogP) is 3.52. The number of methoxy groups -OCH3 is 1. The second-order valence-corrected chi connectivity index (χ2v) is 6.40. The van der Waals surface area contributed by atoms with Gasteiger partial charge in [-0.05, 0) is 48.6 Å². The Morgan fingerprint density at radius 3 is 2.80 bits per heavy atom. The Morgan fingerprint density at radius 2 is 2.04 bits per heavy atom. The molecule has 1 amide bonds. The van der Waals surface area contributed by atoms with Gasteiger partial charge in [0.25, 0.3) is 5.91 Å². The van der Waals surface area contributed by atoms with Crippen LogP contribution in [-0.2, 0) is 6.42 Å². The van der Waals surface area contributed by atoms with Gasteiger partial charge in [0.2, 0.25) is 0 Å². The van der Waals surface area contributed by atoms with E-state index in [0.29, 0.717) is 18.2 Å². The number of hydrogen-bond donors (Lipinski definition) is 2. The first kappa shape index (κ1) is 18.8. The molecule has 1 aromatic carbocycles. The van der Waals surface area contributed by atoms with Crippen LogP contribution >= 0.6 is 0 Å². The van der Waals surface area contributed by atoms with Crippen molar-refractivity contribution in [3.05, 3.63) is 53.9 Å². The van der Waals surface area contributed by atoms with Gasteiger partial charge in [0.1, 0.15) is 11.4 Å². The lowest BCUT2D eigenvalue weighted by atomic mass is 10.1. The van der Waals surface area contributed by atoms with Crippen LogP contribution in [0.15, 0.2) is 42.6 Å². The van der Waals surface area contributed by atoms with Gasteiger partial charge in [-0.25, -0.2) is 0 Å². The summed E-state index contributed by atoms with van der Waals surface area (Å²) in [5.74, 6) is 1.31. The van der Waals surface area contributed by atoms with E-state index in [2.05, 4.69) is 29.5 Å². The molecule has 5 heteroatoms. The van der Waals surface area contributed by atoms with E-state index in [-0.39, 0.29) is 5.91 Å². The van der Waals surface area contributed by atoms with Gasteiger partial charge in [-0.1, -0.05) is 26.0 Å². The number of rotatable bonds is 9. The Bertz CT molecular complexity index is 686. The van der Waals surface area contributed by atoms with Crippen LogP contribution in [0.3, 0.4) is 0 Å². The van der Waals surface area contributed by atoms with E-state index < -0.39 is 0 Å². The number of pyridine rings is 1. The molecule has 0 aliphatic rings. The number of aromatic nitrogens is 1. The van der Waals surface area contributed by atoms with Crippen molar-refractivity contribution in [2.24, 2.45) is 5.92 Å². The van der Waals surface area contributed by atoms with E-state index in [1.807, 2.05) is 30.3 Å². The lowest BCUT2D eigenvalue weighted by molar-refractivity contribution is 0.0949. The summed E-state index contributed by atoms with van der Waals surface area (Å²) >= 11 is 0. The molecule has 0 radical (unpaired) electrons. The summed E-state index contributed by atoms with van der Waals surface area (Å²) in [5.41, 5.74) is 2.48. The molecule has 1 aromatic heterocycles. The summed E-state index contributed by atoms with van der Waals surface area (Å²) in [6.45, 7) is 5.82. The van der Waals surface area contributed by atoms with Crippen LogP contribution in [0.2, 0.25) is 0 Å². The number of carbonyl (C=O) groups is 1. The summed E-state index contributed by atoms with van der Waals surface area (Å²) in [6, 6.07) is 11.5. The van der Waals surface area contributed by atoms with E-state index in [9.17, 15) is 4.79 Å². The monoisotopic (exact) mass is 341 g/mol. The Hall–Kier alpha value is -2.56. The lowest BCUT2D eigenvalue weighted by Crippen LogP contribution is -2.26. The van der Waals surface area contributed by atoms with Gasteiger partial charge in [0.15, 0.2) is 0 Å². The van der Waals surface area contributed by atoms with Crippen LogP contribution < -0.4 is 15.4 Å². The largest absolute Gasteiger partial charge is 0.497 e. The first-order valence-electron chi connectivity index (χ1n) is 8.69. The van der Waals surface area contributed by atoms with Gasteiger partial charge in [-0.2, -0.15) is 0 Å². The van der Waals surface area contributed by atoms with Crippen LogP contribution in [0.25, 0.3) is 0 Å². The quantitative estimate of drug-likeness (QED) is 0.732. The smallest absolute Gasteiger partial charge is 0.269 e. The molecule has 0 spiro atoms. The third-order valence-electron chi connectivity index (χ3n) is 3.88. The average molecular weight is 341 g/mol. The highest BCUT2D eigenvalue weighted by Gasteiger charge is 2.08. The maximum Gasteiger partial charge on any atom is 0.269 e. The topological polar surface area (TPSA) is 63.2 Å². The lowest BCUT2D eigenvalue weighted by Gasteiger charge is -2.10. The van der Waals surface area contributed by atoms with E-state index in [1.165, 1.54) is 0 Å². The molecule has 0 aliphatic carbocycles. The molecular formula is C20H27N3O2. The van der Waals surface area contributed by atoms with Gasteiger partial charge >= 0.3 is 0 Å². The molecule has 0 aliphatic heterocycles. The van der Waals surface area contributed by atoms with Gasteiger partial charge in [-0.3, -0.25) is 9.78 Å². The molecule has 2 aromatic rings. The third kappa shape index (κ3) is 6.45. The maximum absolute atomic E-state index is 12.3. The highest BCUT2D eigenvalue weighted by atomic mass is 16.5. The fourth-order valence-corrected chi connectivity index (χ4v) is 2.41. The van der Waals surface area contributed by atoms with Crippen molar-refractivity contribution in [3.63, 3.8) is 0 Å². The number of ether oxygens (including phenoxy) is 1. The van der Waals surface area contributed by atoms with E-state index >= 15 is 0 Å². The molecule has 5 nitrogen and oxygen atoms in total. The standard InChI is InChI=1S/C20H27N3O2/c1-15(2)7-10-21-17-9-12-22-19(14-17)20(24)23-11-8-16-5-4-6-18(13-16)25-3/h4-6,9,12-15H,7-8,10-11H2,1-3H3,(H,21,22)(H,23,24). The van der Waals surface area contributed by atoms with Gasteiger partial charge in [0.05, 0.1) is 7.11 Å². The number of carbonyl (C=O) groups excluding carboxylic acids is 1. The van der Waals surface area contributed by atoms with E-state index in [4.69, 9.17) is 4.74 Å². The van der Waals surface area contributed by atoms with Crippen molar-refractivity contribution in [1.29, 1.82) is 0 Å². The zero-order valence-electron chi connectivity index (χ0n) is 15.2. The summed E-state index contributed by atoms with van der Waals surface area (Å²) in [6.07, 6.45) is 3.49. The number of hydrogen-bond acceptors (Lipinski definition) is 4. The molecule has 0 saturated heterocycles. The molecule has 0 unspecified atom stereocenters. The van der Waals surface area contributed by atoms with Crippen LogP contribution in [0.4, 0.5) is 5.69 Å². The van der Waals surface area contributed by atoms with Gasteiger partial charge in [0, 0.05) is 25.0 Å². The highest BCUT2D eigenvalue weighted by molar-refractivity contribution is 5.93. The first-order chi connectivity index (χ1) is 12.1. The van der Waals surface area contributed by atoms with Crippen LogP contribution in [0.5, 0.6) is 5.75 Å². The molecule has 134 valence electrons. The molecule has 0 bridgehead atoms. The van der Waals surface area contributed by atoms with Crippen molar-refractivity contribution in [2.45, 2.75) is 26.7 Å². The molecular weight excluding hydrogens is 314 g/mol.